The van der Waals surface area contributed by atoms with Crippen molar-refractivity contribution in [3.63, 3.8) is 0 Å². The smallest absolute Gasteiger partial charge is 0.272 e. The van der Waals surface area contributed by atoms with Crippen LogP contribution in [-0.4, -0.2) is 49.0 Å². The highest BCUT2D eigenvalue weighted by Gasteiger charge is 2.30. The van der Waals surface area contributed by atoms with Gasteiger partial charge in [0.25, 0.3) is 10.0 Å². The first-order chi connectivity index (χ1) is 9.08. The number of sulfonamides is 1. The minimum Gasteiger partial charge on any atom is -0.330 e. The van der Waals surface area contributed by atoms with Gasteiger partial charge in [0, 0.05) is 20.5 Å². The van der Waals surface area contributed by atoms with Gasteiger partial charge >= 0.3 is 0 Å². The fraction of sp³-hybridized carbons (Fsp3) is 0.700. The molecule has 8 nitrogen and oxygen atoms in total. The van der Waals surface area contributed by atoms with E-state index in [0.29, 0.717) is 6.54 Å². The van der Waals surface area contributed by atoms with Crippen LogP contribution in [0.4, 0.5) is 5.13 Å². The van der Waals surface area contributed by atoms with E-state index in [0.717, 1.165) is 11.3 Å². The lowest BCUT2D eigenvalue weighted by molar-refractivity contribution is -0.114. The Kier molecular flexibility index (Phi) is 5.19. The third-order valence-corrected chi connectivity index (χ3v) is 5.51. The normalized spacial score (nSPS) is 12.7. The maximum absolute atomic E-state index is 12.3. The fourth-order valence-corrected chi connectivity index (χ4v) is 3.89. The van der Waals surface area contributed by atoms with Crippen molar-refractivity contribution in [1.82, 2.24) is 14.5 Å². The summed E-state index contributed by atoms with van der Waals surface area (Å²) in [7, 11) is -2.26. The van der Waals surface area contributed by atoms with Crippen LogP contribution in [0.5, 0.6) is 0 Å². The van der Waals surface area contributed by atoms with Gasteiger partial charge in [-0.15, -0.1) is 10.2 Å². The van der Waals surface area contributed by atoms with E-state index in [1.165, 1.54) is 18.3 Å². The summed E-state index contributed by atoms with van der Waals surface area (Å²) in [4.78, 5) is 10.9. The number of nitrogens with two attached hydrogens (primary N) is 1. The molecule has 0 aromatic carbocycles. The maximum atomic E-state index is 12.3. The van der Waals surface area contributed by atoms with E-state index in [1.807, 2.05) is 13.8 Å². The molecule has 0 saturated heterocycles. The van der Waals surface area contributed by atoms with E-state index in [2.05, 4.69) is 15.5 Å². The number of nitrogens with one attached hydrogen (secondary N) is 1. The molecule has 114 valence electrons. The van der Waals surface area contributed by atoms with Crippen molar-refractivity contribution in [2.75, 3.05) is 25.5 Å². The van der Waals surface area contributed by atoms with Crippen LogP contribution >= 0.6 is 11.3 Å². The molecule has 0 fully saturated rings. The van der Waals surface area contributed by atoms with Gasteiger partial charge in [-0.3, -0.25) is 4.79 Å². The van der Waals surface area contributed by atoms with E-state index in [9.17, 15) is 13.2 Å². The second-order valence-electron chi connectivity index (χ2n) is 5.18. The summed E-state index contributed by atoms with van der Waals surface area (Å²) in [5, 5.41) is 9.79. The van der Waals surface area contributed by atoms with E-state index in [4.69, 9.17) is 5.73 Å². The third kappa shape index (κ3) is 4.20. The summed E-state index contributed by atoms with van der Waals surface area (Å²) < 4.78 is 25.6. The summed E-state index contributed by atoms with van der Waals surface area (Å²) in [5.41, 5.74) is 5.26. The summed E-state index contributed by atoms with van der Waals surface area (Å²) in [6.07, 6.45) is 0. The van der Waals surface area contributed by atoms with Gasteiger partial charge in [-0.05, 0) is 12.0 Å². The first-order valence-corrected chi connectivity index (χ1v) is 8.11. The Morgan fingerprint density at radius 1 is 1.45 bits per heavy atom. The molecule has 3 N–H and O–H groups in total. The van der Waals surface area contributed by atoms with Gasteiger partial charge in [-0.2, -0.15) is 4.31 Å². The highest BCUT2D eigenvalue weighted by Crippen LogP contribution is 2.25. The molecule has 10 heteroatoms. The first-order valence-electron chi connectivity index (χ1n) is 5.86. The number of aromatic nitrogens is 2. The van der Waals surface area contributed by atoms with Crippen LogP contribution in [0.15, 0.2) is 4.34 Å². The molecule has 0 aliphatic rings. The topological polar surface area (TPSA) is 118 Å². The number of anilines is 1. The van der Waals surface area contributed by atoms with E-state index in [1.54, 1.807) is 0 Å². The molecule has 1 amide bonds. The lowest BCUT2D eigenvalue weighted by Gasteiger charge is -2.27. The Morgan fingerprint density at radius 2 is 2.05 bits per heavy atom. The predicted molar refractivity (Wildman–Crippen MR) is 76.9 cm³/mol. The van der Waals surface area contributed by atoms with Crippen LogP contribution in [0.2, 0.25) is 0 Å². The maximum Gasteiger partial charge on any atom is 0.272 e. The van der Waals surface area contributed by atoms with Gasteiger partial charge in [0.2, 0.25) is 15.4 Å². The SMILES string of the molecule is CC(=O)Nc1nnc(S(=O)(=O)N(C)CC(C)(C)CN)s1. The molecule has 1 heterocycles. The predicted octanol–water partition coefficient (Wildman–Crippen LogP) is 0.102. The highest BCUT2D eigenvalue weighted by atomic mass is 32.2. The Labute approximate surface area is 122 Å². The minimum atomic E-state index is -3.73. The summed E-state index contributed by atoms with van der Waals surface area (Å²) >= 11 is 0.815. The largest absolute Gasteiger partial charge is 0.330 e. The van der Waals surface area contributed by atoms with Gasteiger partial charge < -0.3 is 11.1 Å². The Bertz CT molecular complexity index is 581. The van der Waals surface area contributed by atoms with Crippen LogP contribution < -0.4 is 11.1 Å². The molecule has 1 rings (SSSR count). The average molecular weight is 321 g/mol. The van der Waals surface area contributed by atoms with Crippen molar-refractivity contribution in [1.29, 1.82) is 0 Å². The molecule has 1 aromatic heterocycles. The van der Waals surface area contributed by atoms with Crippen molar-refractivity contribution in [2.24, 2.45) is 11.1 Å². The van der Waals surface area contributed by atoms with Gasteiger partial charge in [0.1, 0.15) is 0 Å². The van der Waals surface area contributed by atoms with Crippen LogP contribution in [0.25, 0.3) is 0 Å². The molecular formula is C10H19N5O3S2. The van der Waals surface area contributed by atoms with Crippen molar-refractivity contribution in [3.8, 4) is 0 Å². The number of hydrogen-bond acceptors (Lipinski definition) is 7. The zero-order valence-corrected chi connectivity index (χ0v) is 13.5. The molecule has 20 heavy (non-hydrogen) atoms. The lowest BCUT2D eigenvalue weighted by Crippen LogP contribution is -2.39. The number of rotatable bonds is 6. The van der Waals surface area contributed by atoms with Crippen LogP contribution in [0.1, 0.15) is 20.8 Å². The summed E-state index contributed by atoms with van der Waals surface area (Å²) in [5.74, 6) is -0.331. The third-order valence-electron chi connectivity index (χ3n) is 2.52. The molecule has 0 unspecified atom stereocenters. The number of nitrogens with zero attached hydrogens (tertiary/aromatic N) is 3. The van der Waals surface area contributed by atoms with E-state index >= 15 is 0 Å². The molecular weight excluding hydrogens is 302 g/mol. The van der Waals surface area contributed by atoms with Gasteiger partial charge in [0.05, 0.1) is 0 Å². The highest BCUT2D eigenvalue weighted by molar-refractivity contribution is 7.91. The zero-order chi connectivity index (χ0) is 15.6. The van der Waals surface area contributed by atoms with Crippen LogP contribution in [0.3, 0.4) is 0 Å². The molecule has 0 aliphatic carbocycles. The Hall–Kier alpha value is -1.10. The van der Waals surface area contributed by atoms with Crippen LogP contribution in [-0.2, 0) is 14.8 Å². The fourth-order valence-electron chi connectivity index (χ4n) is 1.40. The second-order valence-corrected chi connectivity index (χ2v) is 8.38. The van der Waals surface area contributed by atoms with Crippen molar-refractivity contribution in [2.45, 2.75) is 25.1 Å². The summed E-state index contributed by atoms with van der Waals surface area (Å²) in [6, 6.07) is 0. The van der Waals surface area contributed by atoms with Crippen molar-refractivity contribution < 1.29 is 13.2 Å². The number of amides is 1. The van der Waals surface area contributed by atoms with Gasteiger partial charge in [-0.25, -0.2) is 8.42 Å². The van der Waals surface area contributed by atoms with Crippen molar-refractivity contribution >= 4 is 32.4 Å². The molecule has 0 spiro atoms. The lowest BCUT2D eigenvalue weighted by atomic mass is 9.94. The molecule has 0 radical (unpaired) electrons. The molecule has 0 bridgehead atoms. The quantitative estimate of drug-likeness (QED) is 0.717. The van der Waals surface area contributed by atoms with E-state index in [-0.39, 0.29) is 27.3 Å². The van der Waals surface area contributed by atoms with Gasteiger partial charge in [-0.1, -0.05) is 25.2 Å². The molecule has 1 aromatic rings. The zero-order valence-electron chi connectivity index (χ0n) is 11.9. The molecule has 0 aliphatic heterocycles. The minimum absolute atomic E-state index is 0.155. The monoisotopic (exact) mass is 321 g/mol. The standard InChI is InChI=1S/C10H19N5O3S2/c1-7(16)12-8-13-14-9(19-8)20(17,18)15(4)6-10(2,3)5-11/h5-6,11H2,1-4H3,(H,12,13,16). The van der Waals surface area contributed by atoms with Gasteiger partial charge in [0.15, 0.2) is 0 Å². The van der Waals surface area contributed by atoms with Crippen molar-refractivity contribution in [3.05, 3.63) is 0 Å². The van der Waals surface area contributed by atoms with Crippen LogP contribution in [0, 0.1) is 5.41 Å². The second kappa shape index (κ2) is 6.12. The summed E-state index contributed by atoms with van der Waals surface area (Å²) in [6.45, 7) is 5.69. The Morgan fingerprint density at radius 3 is 2.55 bits per heavy atom. The Balaban J connectivity index is 2.93. The van der Waals surface area contributed by atoms with E-state index < -0.39 is 10.0 Å². The first kappa shape index (κ1) is 17.0. The number of carbonyl (C=O) groups is 1. The molecule has 0 atom stereocenters. The number of carbonyl (C=O) groups excluding carboxylic acids is 1. The molecule has 0 saturated carbocycles. The number of hydrogen-bond donors (Lipinski definition) is 2. The average Bonchev–Trinajstić information content (AvgIpc) is 2.76.